The Labute approximate surface area is 173 Å². The first kappa shape index (κ1) is 19.8. The van der Waals surface area contributed by atoms with Gasteiger partial charge in [0, 0.05) is 13.0 Å². The molecule has 3 aromatic rings. The molecular weight excluding hydrogens is 384 g/mol. The predicted octanol–water partition coefficient (Wildman–Crippen LogP) is 3.27. The highest BCUT2D eigenvalue weighted by atomic mass is 16.5. The summed E-state index contributed by atoms with van der Waals surface area (Å²) in [5.41, 5.74) is 1.85. The van der Waals surface area contributed by atoms with Crippen LogP contribution >= 0.6 is 0 Å². The quantitative estimate of drug-likeness (QED) is 0.618. The first-order valence-corrected chi connectivity index (χ1v) is 9.94. The number of aromatic nitrogens is 2. The van der Waals surface area contributed by atoms with Gasteiger partial charge >= 0.3 is 11.9 Å². The molecule has 0 N–H and O–H groups in total. The van der Waals surface area contributed by atoms with Crippen LogP contribution in [0.3, 0.4) is 0 Å². The molecule has 0 bridgehead atoms. The first-order chi connectivity index (χ1) is 14.6. The Hall–Kier alpha value is -3.48. The Balaban J connectivity index is 1.55. The molecule has 7 nitrogen and oxygen atoms in total. The summed E-state index contributed by atoms with van der Waals surface area (Å²) < 4.78 is 11.8. The number of carbonyl (C=O) groups is 2. The summed E-state index contributed by atoms with van der Waals surface area (Å²) in [6.07, 6.45) is 3.82. The van der Waals surface area contributed by atoms with Gasteiger partial charge < -0.3 is 9.47 Å². The van der Waals surface area contributed by atoms with E-state index in [1.807, 2.05) is 0 Å². The number of fused-ring (bicyclic) bond motifs is 2. The summed E-state index contributed by atoms with van der Waals surface area (Å²) >= 11 is 0. The third kappa shape index (κ3) is 3.96. The van der Waals surface area contributed by atoms with Gasteiger partial charge in [0.05, 0.1) is 29.1 Å². The van der Waals surface area contributed by atoms with E-state index in [0.29, 0.717) is 34.1 Å². The van der Waals surface area contributed by atoms with E-state index in [2.05, 4.69) is 4.98 Å². The lowest BCUT2D eigenvalue weighted by Gasteiger charge is -2.11. The van der Waals surface area contributed by atoms with E-state index in [-0.39, 0.29) is 12.2 Å². The minimum atomic E-state index is -0.516. The maximum Gasteiger partial charge on any atom is 0.338 e. The van der Waals surface area contributed by atoms with Crippen molar-refractivity contribution in [1.82, 2.24) is 9.55 Å². The van der Waals surface area contributed by atoms with Crippen LogP contribution in [0.5, 0.6) is 0 Å². The normalized spacial score (nSPS) is 13.4. The van der Waals surface area contributed by atoms with Crippen LogP contribution in [0.2, 0.25) is 0 Å². The molecule has 0 saturated heterocycles. The molecular formula is C23H22N2O5. The van der Waals surface area contributed by atoms with Gasteiger partial charge in [0.1, 0.15) is 12.4 Å². The van der Waals surface area contributed by atoms with Crippen molar-refractivity contribution in [1.29, 1.82) is 0 Å². The standard InChI is InChI=1S/C23H22N2O5/c1-29-22(27)16-7-5-6-15(12-16)14-30-23(28)17-9-10-18-19(13-17)24-20-8-3-2-4-11-25(20)21(18)26/h5-7,9-10,12-13H,2-4,8,11,14H2,1H3. The molecule has 7 heteroatoms. The molecule has 30 heavy (non-hydrogen) atoms. The highest BCUT2D eigenvalue weighted by Crippen LogP contribution is 2.17. The highest BCUT2D eigenvalue weighted by Gasteiger charge is 2.16. The monoisotopic (exact) mass is 406 g/mol. The van der Waals surface area contributed by atoms with Crippen LogP contribution in [0, 0.1) is 0 Å². The number of nitrogens with zero attached hydrogens (tertiary/aromatic N) is 2. The minimum Gasteiger partial charge on any atom is -0.465 e. The van der Waals surface area contributed by atoms with Crippen LogP contribution in [0.1, 0.15) is 51.4 Å². The van der Waals surface area contributed by atoms with Gasteiger partial charge in [0.15, 0.2) is 0 Å². The van der Waals surface area contributed by atoms with Crippen molar-refractivity contribution in [2.75, 3.05) is 7.11 Å². The van der Waals surface area contributed by atoms with Crippen LogP contribution in [-0.2, 0) is 29.0 Å². The van der Waals surface area contributed by atoms with Crippen molar-refractivity contribution in [3.8, 4) is 0 Å². The molecule has 0 fully saturated rings. The number of aryl methyl sites for hydroxylation is 1. The molecule has 1 aliphatic rings. The van der Waals surface area contributed by atoms with Crippen molar-refractivity contribution in [3.63, 3.8) is 0 Å². The van der Waals surface area contributed by atoms with Gasteiger partial charge in [-0.2, -0.15) is 0 Å². The Morgan fingerprint density at radius 2 is 1.87 bits per heavy atom. The molecule has 0 amide bonds. The second-order valence-electron chi connectivity index (χ2n) is 7.30. The smallest absolute Gasteiger partial charge is 0.338 e. The Morgan fingerprint density at radius 3 is 2.70 bits per heavy atom. The Morgan fingerprint density at radius 1 is 1.03 bits per heavy atom. The summed E-state index contributed by atoms with van der Waals surface area (Å²) in [6, 6.07) is 11.5. The molecule has 0 radical (unpaired) electrons. The lowest BCUT2D eigenvalue weighted by molar-refractivity contribution is 0.0473. The van der Waals surface area contributed by atoms with Crippen molar-refractivity contribution in [2.45, 2.75) is 38.8 Å². The maximum atomic E-state index is 12.8. The van der Waals surface area contributed by atoms with Crippen molar-refractivity contribution < 1.29 is 19.1 Å². The van der Waals surface area contributed by atoms with Gasteiger partial charge in [0.25, 0.3) is 5.56 Å². The molecule has 0 unspecified atom stereocenters. The summed E-state index contributed by atoms with van der Waals surface area (Å²) in [5.74, 6) is -0.193. The summed E-state index contributed by atoms with van der Waals surface area (Å²) in [5, 5.41) is 0.503. The molecule has 1 aromatic heterocycles. The summed E-state index contributed by atoms with van der Waals surface area (Å²) in [4.78, 5) is 41.6. The molecule has 1 aliphatic heterocycles. The zero-order valence-electron chi connectivity index (χ0n) is 16.7. The molecule has 154 valence electrons. The lowest BCUT2D eigenvalue weighted by Crippen LogP contribution is -2.24. The third-order valence-corrected chi connectivity index (χ3v) is 5.27. The molecule has 0 atom stereocenters. The van der Waals surface area contributed by atoms with Crippen LogP contribution in [0.25, 0.3) is 10.9 Å². The van der Waals surface area contributed by atoms with Gasteiger partial charge in [-0.05, 0) is 48.7 Å². The number of hydrogen-bond donors (Lipinski definition) is 0. The number of benzene rings is 2. The van der Waals surface area contributed by atoms with E-state index < -0.39 is 11.9 Å². The van der Waals surface area contributed by atoms with E-state index in [4.69, 9.17) is 9.47 Å². The number of ether oxygens (including phenoxy) is 2. The molecule has 4 rings (SSSR count). The number of methoxy groups -OCH3 is 1. The van der Waals surface area contributed by atoms with Gasteiger partial charge in [-0.15, -0.1) is 0 Å². The molecule has 0 saturated carbocycles. The largest absolute Gasteiger partial charge is 0.465 e. The first-order valence-electron chi connectivity index (χ1n) is 9.94. The van der Waals surface area contributed by atoms with Gasteiger partial charge in [-0.1, -0.05) is 18.6 Å². The van der Waals surface area contributed by atoms with E-state index in [0.717, 1.165) is 31.5 Å². The highest BCUT2D eigenvalue weighted by molar-refractivity contribution is 5.94. The molecule has 0 spiro atoms. The number of esters is 2. The van der Waals surface area contributed by atoms with Gasteiger partial charge in [-0.25, -0.2) is 14.6 Å². The van der Waals surface area contributed by atoms with Crippen LogP contribution in [0.4, 0.5) is 0 Å². The Kier molecular flexibility index (Phi) is 5.61. The van der Waals surface area contributed by atoms with Crippen molar-refractivity contribution >= 4 is 22.8 Å². The summed E-state index contributed by atoms with van der Waals surface area (Å²) in [7, 11) is 1.31. The maximum absolute atomic E-state index is 12.8. The SMILES string of the molecule is COC(=O)c1cccc(COC(=O)c2ccc3c(=O)n4c(nc3c2)CCCCC4)c1. The second-order valence-corrected chi connectivity index (χ2v) is 7.30. The zero-order chi connectivity index (χ0) is 21.1. The van der Waals surface area contributed by atoms with Crippen LogP contribution < -0.4 is 5.56 Å². The van der Waals surface area contributed by atoms with E-state index in [9.17, 15) is 14.4 Å². The average molecular weight is 406 g/mol. The second kappa shape index (κ2) is 8.49. The average Bonchev–Trinajstić information content (AvgIpc) is 3.02. The molecule has 2 aromatic carbocycles. The van der Waals surface area contributed by atoms with Crippen molar-refractivity contribution in [3.05, 3.63) is 75.3 Å². The van der Waals surface area contributed by atoms with Gasteiger partial charge in [-0.3, -0.25) is 9.36 Å². The fourth-order valence-electron chi connectivity index (χ4n) is 3.68. The predicted molar refractivity (Wildman–Crippen MR) is 110 cm³/mol. The van der Waals surface area contributed by atoms with Gasteiger partial charge in [0.2, 0.25) is 0 Å². The van der Waals surface area contributed by atoms with E-state index >= 15 is 0 Å². The topological polar surface area (TPSA) is 87.5 Å². The van der Waals surface area contributed by atoms with Crippen LogP contribution in [0.15, 0.2) is 47.3 Å². The van der Waals surface area contributed by atoms with Crippen LogP contribution in [-0.4, -0.2) is 28.6 Å². The number of hydrogen-bond acceptors (Lipinski definition) is 6. The number of rotatable bonds is 4. The minimum absolute atomic E-state index is 0.0159. The Bertz CT molecular complexity index is 1180. The fourth-order valence-corrected chi connectivity index (χ4v) is 3.68. The molecule has 0 aliphatic carbocycles. The zero-order valence-corrected chi connectivity index (χ0v) is 16.7. The summed E-state index contributed by atoms with van der Waals surface area (Å²) in [6.45, 7) is 0.702. The number of carbonyl (C=O) groups excluding carboxylic acids is 2. The fraction of sp³-hybridized carbons (Fsp3) is 0.304. The van der Waals surface area contributed by atoms with Crippen molar-refractivity contribution in [2.24, 2.45) is 0 Å². The lowest BCUT2D eigenvalue weighted by atomic mass is 10.1. The molecule has 2 heterocycles. The third-order valence-electron chi connectivity index (χ3n) is 5.27. The van der Waals surface area contributed by atoms with E-state index in [1.165, 1.54) is 7.11 Å². The van der Waals surface area contributed by atoms with E-state index in [1.54, 1.807) is 47.0 Å².